The number of quaternary nitrogens is 1. The minimum absolute atomic E-state index is 0.145. The van der Waals surface area contributed by atoms with Crippen molar-refractivity contribution in [2.45, 2.75) is 13.0 Å². The largest absolute Gasteiger partial charge is 0.415 e. The molecule has 27 heavy (non-hydrogen) atoms. The molecule has 1 aromatic heterocycles. The zero-order valence-corrected chi connectivity index (χ0v) is 16.5. The lowest BCUT2D eigenvalue weighted by Crippen LogP contribution is -3.14. The number of benzene rings is 2. The molecule has 2 aromatic carbocycles. The molecule has 1 saturated heterocycles. The molecule has 0 spiro atoms. The van der Waals surface area contributed by atoms with E-state index in [1.165, 1.54) is 10.6 Å². The average Bonchev–Trinajstić information content (AvgIpc) is 3.18. The van der Waals surface area contributed by atoms with Gasteiger partial charge in [0.15, 0.2) is 6.04 Å². The van der Waals surface area contributed by atoms with Crippen molar-refractivity contribution >= 4 is 28.9 Å². The highest BCUT2D eigenvalue weighted by Crippen LogP contribution is 2.23. The van der Waals surface area contributed by atoms with Gasteiger partial charge in [-0.3, -0.25) is 0 Å². The molecule has 0 saturated carbocycles. The van der Waals surface area contributed by atoms with Gasteiger partial charge in [0, 0.05) is 21.3 Å². The van der Waals surface area contributed by atoms with Gasteiger partial charge in [0.1, 0.15) is 0 Å². The highest BCUT2D eigenvalue weighted by Gasteiger charge is 2.29. The normalized spacial score (nSPS) is 16.5. The van der Waals surface area contributed by atoms with Crippen LogP contribution >= 0.6 is 23.2 Å². The van der Waals surface area contributed by atoms with E-state index in [9.17, 15) is 0 Å². The molecule has 140 valence electrons. The Balaban J connectivity index is 1.42. The second kappa shape index (κ2) is 7.89. The predicted molar refractivity (Wildman–Crippen MR) is 108 cm³/mol. The van der Waals surface area contributed by atoms with Gasteiger partial charge in [0.05, 0.1) is 26.2 Å². The van der Waals surface area contributed by atoms with Crippen LogP contribution in [0.25, 0.3) is 11.5 Å². The maximum Gasteiger partial charge on any atom is 0.274 e. The highest BCUT2D eigenvalue weighted by molar-refractivity contribution is 6.31. The quantitative estimate of drug-likeness (QED) is 0.723. The molecule has 3 aromatic rings. The third-order valence-electron chi connectivity index (χ3n) is 5.07. The number of anilines is 1. The van der Waals surface area contributed by atoms with E-state index in [1.54, 1.807) is 0 Å². The first-order chi connectivity index (χ1) is 13.1. The predicted octanol–water partition coefficient (Wildman–Crippen LogP) is 3.51. The van der Waals surface area contributed by atoms with Gasteiger partial charge in [0.2, 0.25) is 5.89 Å². The Labute approximate surface area is 168 Å². The van der Waals surface area contributed by atoms with Crippen molar-refractivity contribution in [1.82, 2.24) is 10.2 Å². The fourth-order valence-electron chi connectivity index (χ4n) is 3.48. The summed E-state index contributed by atoms with van der Waals surface area (Å²) >= 11 is 12.2. The summed E-state index contributed by atoms with van der Waals surface area (Å²) in [4.78, 5) is 3.81. The number of hydrogen-bond acceptors (Lipinski definition) is 4. The Hall–Kier alpha value is -2.08. The van der Waals surface area contributed by atoms with Gasteiger partial charge in [-0.25, -0.2) is 0 Å². The van der Waals surface area contributed by atoms with Crippen LogP contribution in [0.3, 0.4) is 0 Å². The number of rotatable bonds is 4. The lowest BCUT2D eigenvalue weighted by Gasteiger charge is -2.35. The van der Waals surface area contributed by atoms with Crippen molar-refractivity contribution in [2.75, 3.05) is 31.1 Å². The minimum atomic E-state index is 0.145. The number of halogens is 2. The number of piperazine rings is 1. The van der Waals surface area contributed by atoms with Crippen LogP contribution in [0.2, 0.25) is 10.0 Å². The molecular weight excluding hydrogens is 383 g/mol. The molecule has 1 fully saturated rings. The molecule has 1 atom stereocenters. The Morgan fingerprint density at radius 2 is 1.70 bits per heavy atom. The molecule has 2 heterocycles. The first-order valence-corrected chi connectivity index (χ1v) is 9.80. The average molecular weight is 404 g/mol. The Morgan fingerprint density at radius 1 is 1.00 bits per heavy atom. The lowest BCUT2D eigenvalue weighted by molar-refractivity contribution is -0.931. The summed E-state index contributed by atoms with van der Waals surface area (Å²) < 4.78 is 5.93. The smallest absolute Gasteiger partial charge is 0.274 e. The standard InChI is InChI=1S/C20H20Cl2N4O/c1-14(19-23-24-20(27-19)15-4-2-5-16(21)12-15)25-8-10-26(11-9-25)18-7-3-6-17(22)13-18/h2-7,12-14H,8-11H2,1H3/p+1/t14-/m1/s1. The van der Waals surface area contributed by atoms with Crippen LogP contribution < -0.4 is 9.80 Å². The second-order valence-corrected chi connectivity index (χ2v) is 7.68. The number of aromatic nitrogens is 2. The molecule has 1 N–H and O–H groups in total. The summed E-state index contributed by atoms with van der Waals surface area (Å²) in [7, 11) is 0. The summed E-state index contributed by atoms with van der Waals surface area (Å²) in [6, 6.07) is 15.6. The van der Waals surface area contributed by atoms with Gasteiger partial charge >= 0.3 is 0 Å². The minimum Gasteiger partial charge on any atom is -0.415 e. The molecular formula is C20H21Cl2N4O+. The van der Waals surface area contributed by atoms with Crippen LogP contribution in [0.15, 0.2) is 52.9 Å². The molecule has 1 aliphatic heterocycles. The summed E-state index contributed by atoms with van der Waals surface area (Å²) in [5, 5.41) is 9.91. The van der Waals surface area contributed by atoms with Crippen molar-refractivity contribution in [1.29, 1.82) is 0 Å². The topological polar surface area (TPSA) is 46.6 Å². The van der Waals surface area contributed by atoms with E-state index in [0.717, 1.165) is 36.8 Å². The SMILES string of the molecule is C[C@H](c1nnc(-c2cccc(Cl)c2)o1)[NH+]1CCN(c2cccc(Cl)c2)CC1. The van der Waals surface area contributed by atoms with Gasteiger partial charge in [-0.15, -0.1) is 10.2 Å². The molecule has 0 aliphatic carbocycles. The molecule has 1 aliphatic rings. The number of nitrogens with one attached hydrogen (secondary N) is 1. The van der Waals surface area contributed by atoms with Crippen molar-refractivity contribution < 1.29 is 9.32 Å². The fraction of sp³-hybridized carbons (Fsp3) is 0.300. The molecule has 0 amide bonds. The Bertz CT molecular complexity index is 922. The summed E-state index contributed by atoms with van der Waals surface area (Å²) in [6.07, 6.45) is 0. The third kappa shape index (κ3) is 4.10. The van der Waals surface area contributed by atoms with E-state index in [-0.39, 0.29) is 6.04 Å². The van der Waals surface area contributed by atoms with Gasteiger partial charge in [-0.2, -0.15) is 0 Å². The molecule has 0 bridgehead atoms. The molecule has 4 rings (SSSR count). The first-order valence-electron chi connectivity index (χ1n) is 9.04. The van der Waals surface area contributed by atoms with Crippen LogP contribution in [0.4, 0.5) is 5.69 Å². The van der Waals surface area contributed by atoms with E-state index >= 15 is 0 Å². The summed E-state index contributed by atoms with van der Waals surface area (Å²) in [5.74, 6) is 1.17. The fourth-order valence-corrected chi connectivity index (χ4v) is 3.86. The van der Waals surface area contributed by atoms with Crippen LogP contribution in [0.5, 0.6) is 0 Å². The molecule has 5 nitrogen and oxygen atoms in total. The molecule has 0 radical (unpaired) electrons. The third-order valence-corrected chi connectivity index (χ3v) is 5.54. The maximum absolute atomic E-state index is 6.12. The zero-order valence-electron chi connectivity index (χ0n) is 15.0. The van der Waals surface area contributed by atoms with Crippen molar-refractivity contribution in [3.63, 3.8) is 0 Å². The van der Waals surface area contributed by atoms with E-state index in [1.807, 2.05) is 42.5 Å². The highest BCUT2D eigenvalue weighted by atomic mass is 35.5. The molecule has 7 heteroatoms. The van der Waals surface area contributed by atoms with E-state index in [0.29, 0.717) is 16.8 Å². The van der Waals surface area contributed by atoms with Gasteiger partial charge in [-0.1, -0.05) is 35.3 Å². The van der Waals surface area contributed by atoms with E-state index in [2.05, 4.69) is 28.1 Å². The maximum atomic E-state index is 6.12. The second-order valence-electron chi connectivity index (χ2n) is 6.80. The van der Waals surface area contributed by atoms with E-state index in [4.69, 9.17) is 27.6 Å². The van der Waals surface area contributed by atoms with Crippen molar-refractivity contribution in [2.24, 2.45) is 0 Å². The monoisotopic (exact) mass is 403 g/mol. The van der Waals surface area contributed by atoms with Crippen LogP contribution in [0.1, 0.15) is 18.9 Å². The number of hydrogen-bond donors (Lipinski definition) is 1. The molecule has 0 unspecified atom stereocenters. The van der Waals surface area contributed by atoms with Crippen molar-refractivity contribution in [3.8, 4) is 11.5 Å². The van der Waals surface area contributed by atoms with Crippen molar-refractivity contribution in [3.05, 3.63) is 64.5 Å². The Kier molecular flexibility index (Phi) is 5.34. The lowest BCUT2D eigenvalue weighted by atomic mass is 10.2. The van der Waals surface area contributed by atoms with Crippen LogP contribution in [-0.4, -0.2) is 36.4 Å². The van der Waals surface area contributed by atoms with Crippen LogP contribution in [-0.2, 0) is 0 Å². The summed E-state index contributed by atoms with van der Waals surface area (Å²) in [6.45, 7) is 6.08. The van der Waals surface area contributed by atoms with Gasteiger partial charge < -0.3 is 14.2 Å². The first kappa shape index (κ1) is 18.3. The van der Waals surface area contributed by atoms with Crippen LogP contribution in [0, 0.1) is 0 Å². The summed E-state index contributed by atoms with van der Waals surface area (Å²) in [5.41, 5.74) is 2.02. The zero-order chi connectivity index (χ0) is 18.8. The van der Waals surface area contributed by atoms with Gasteiger partial charge in [0.25, 0.3) is 5.89 Å². The van der Waals surface area contributed by atoms with E-state index < -0.39 is 0 Å². The Morgan fingerprint density at radius 3 is 2.41 bits per heavy atom. The number of nitrogens with zero attached hydrogens (tertiary/aromatic N) is 3. The van der Waals surface area contributed by atoms with Gasteiger partial charge in [-0.05, 0) is 43.3 Å².